The molecule has 1 saturated heterocycles. The topological polar surface area (TPSA) is 102 Å². The summed E-state index contributed by atoms with van der Waals surface area (Å²) in [5, 5.41) is 21.6. The van der Waals surface area contributed by atoms with Crippen LogP contribution in [0, 0.1) is 22.7 Å². The molecule has 0 aromatic heterocycles. The predicted molar refractivity (Wildman–Crippen MR) is 131 cm³/mol. The number of aliphatic hydroxyl groups is 2. The van der Waals surface area contributed by atoms with Gasteiger partial charge in [0.1, 0.15) is 18.5 Å². The number of Topliss-reactive ketones (excluding diaryl/α,β-unsaturated/α-hetero) is 1. The third-order valence-electron chi connectivity index (χ3n) is 10.3. The summed E-state index contributed by atoms with van der Waals surface area (Å²) in [5.74, 6) is -1.95. The Morgan fingerprint density at radius 2 is 1.89 bits per heavy atom. The normalized spacial score (nSPS) is 47.0. The second-order valence-electron chi connectivity index (χ2n) is 11.8. The maximum absolute atomic E-state index is 17.4. The molecule has 1 aromatic carbocycles. The molecule has 38 heavy (non-hydrogen) atoms. The first-order valence-corrected chi connectivity index (χ1v) is 13.0. The van der Waals surface area contributed by atoms with Gasteiger partial charge in [-0.05, 0) is 62.0 Å². The number of aliphatic hydroxyl groups excluding tert-OH is 2. The van der Waals surface area contributed by atoms with Gasteiger partial charge in [-0.1, -0.05) is 25.1 Å². The molecule has 6 rings (SSSR count). The molecule has 1 aliphatic heterocycles. The minimum atomic E-state index is -2.28. The molecule has 2 N–H and O–H groups in total. The second-order valence-corrected chi connectivity index (χ2v) is 11.8. The fourth-order valence-corrected chi connectivity index (χ4v) is 8.48. The van der Waals surface area contributed by atoms with Crippen molar-refractivity contribution in [1.82, 2.24) is 0 Å². The Bertz CT molecular complexity index is 1250. The first-order valence-electron chi connectivity index (χ1n) is 13.0. The van der Waals surface area contributed by atoms with Crippen LogP contribution in [-0.2, 0) is 19.1 Å². The van der Waals surface area contributed by atoms with Crippen LogP contribution in [-0.4, -0.2) is 65.1 Å². The van der Waals surface area contributed by atoms with E-state index >= 15 is 8.78 Å². The number of rotatable bonds is 4. The zero-order valence-electron chi connectivity index (χ0n) is 21.5. The van der Waals surface area contributed by atoms with Crippen LogP contribution in [0.3, 0.4) is 0 Å². The standard InChI is InChI=1S/C29H32F2O7/c1-26-9-8-16(33)10-20(26)21(30)11-19-18-12-24-29(23(35)14-32,27(18,2)13-22(34)28(19,26)31)38-25(37-24)15-4-6-17(36-3)7-5-15/h4-10,18-19,21-22,24-25,32,34H,11-14H2,1-3H3/t18-,19-,21-,22-,24+,25+,26-,27-,28-,29+/m0/s1. The monoisotopic (exact) mass is 530 g/mol. The van der Waals surface area contributed by atoms with Gasteiger partial charge in [0.05, 0.1) is 19.3 Å². The molecule has 0 radical (unpaired) electrons. The number of methoxy groups -OCH3 is 1. The van der Waals surface area contributed by atoms with Crippen molar-refractivity contribution in [2.75, 3.05) is 13.7 Å². The van der Waals surface area contributed by atoms with Crippen LogP contribution in [0.4, 0.5) is 8.78 Å². The molecule has 0 bridgehead atoms. The number of hydrogen-bond donors (Lipinski definition) is 2. The zero-order chi connectivity index (χ0) is 27.3. The van der Waals surface area contributed by atoms with Gasteiger partial charge in [-0.25, -0.2) is 8.78 Å². The summed E-state index contributed by atoms with van der Waals surface area (Å²) in [6, 6.07) is 6.98. The maximum Gasteiger partial charge on any atom is 0.193 e. The molecule has 0 amide bonds. The Balaban J connectivity index is 1.42. The number of hydrogen-bond acceptors (Lipinski definition) is 7. The Morgan fingerprint density at radius 1 is 1.18 bits per heavy atom. The van der Waals surface area contributed by atoms with Gasteiger partial charge in [-0.2, -0.15) is 0 Å². The minimum Gasteiger partial charge on any atom is -0.497 e. The first kappa shape index (κ1) is 25.8. The van der Waals surface area contributed by atoms with Gasteiger partial charge < -0.3 is 24.4 Å². The van der Waals surface area contributed by atoms with E-state index in [-0.39, 0.29) is 24.8 Å². The van der Waals surface area contributed by atoms with E-state index in [4.69, 9.17) is 14.2 Å². The first-order chi connectivity index (χ1) is 18.0. The molecule has 1 heterocycles. The highest BCUT2D eigenvalue weighted by atomic mass is 19.1. The molecule has 0 unspecified atom stereocenters. The van der Waals surface area contributed by atoms with E-state index in [9.17, 15) is 19.8 Å². The lowest BCUT2D eigenvalue weighted by Crippen LogP contribution is -2.70. The molecule has 1 aromatic rings. The van der Waals surface area contributed by atoms with Crippen LogP contribution in [0.1, 0.15) is 45.0 Å². The Hall–Kier alpha value is -2.46. The van der Waals surface area contributed by atoms with Crippen LogP contribution >= 0.6 is 0 Å². The third-order valence-corrected chi connectivity index (χ3v) is 10.3. The van der Waals surface area contributed by atoms with Crippen molar-refractivity contribution in [3.63, 3.8) is 0 Å². The number of ketones is 2. The summed E-state index contributed by atoms with van der Waals surface area (Å²) >= 11 is 0. The number of carbonyl (C=O) groups excluding carboxylic acids is 2. The molecule has 5 aliphatic rings. The number of allylic oxidation sites excluding steroid dienone is 4. The Labute approximate surface area is 219 Å². The summed E-state index contributed by atoms with van der Waals surface area (Å²) in [4.78, 5) is 25.5. The fraction of sp³-hybridized carbons (Fsp3) is 0.586. The summed E-state index contributed by atoms with van der Waals surface area (Å²) < 4.78 is 51.0. The van der Waals surface area contributed by atoms with Gasteiger partial charge >= 0.3 is 0 Å². The lowest BCUT2D eigenvalue weighted by atomic mass is 9.44. The quantitative estimate of drug-likeness (QED) is 0.616. The molecule has 0 spiro atoms. The van der Waals surface area contributed by atoms with Crippen LogP contribution in [0.5, 0.6) is 5.75 Å². The van der Waals surface area contributed by atoms with E-state index in [1.54, 1.807) is 38.3 Å². The molecule has 4 aliphatic carbocycles. The SMILES string of the molecule is COc1ccc([C@@H]2O[C@@H]3C[C@H]4[C@@H]5C[C@H](F)C6=CC(=O)C=C[C@]6(C)[C@@]5(F)[C@@H](O)C[C@]4(C)[C@]3(C(=O)CO)O2)cc1. The number of benzene rings is 1. The summed E-state index contributed by atoms with van der Waals surface area (Å²) in [5.41, 5.74) is -5.92. The lowest BCUT2D eigenvalue weighted by Gasteiger charge is -2.63. The molecule has 3 saturated carbocycles. The van der Waals surface area contributed by atoms with Gasteiger partial charge in [-0.3, -0.25) is 9.59 Å². The molecular weight excluding hydrogens is 498 g/mol. The number of carbonyl (C=O) groups is 2. The van der Waals surface area contributed by atoms with Gasteiger partial charge in [0.15, 0.2) is 29.1 Å². The van der Waals surface area contributed by atoms with Crippen LogP contribution in [0.2, 0.25) is 0 Å². The number of halogens is 2. The van der Waals surface area contributed by atoms with E-state index in [1.807, 2.05) is 0 Å². The molecule has 9 heteroatoms. The molecular formula is C29H32F2O7. The Kier molecular flexibility index (Phi) is 5.62. The van der Waals surface area contributed by atoms with E-state index < -0.39 is 76.8 Å². The average Bonchev–Trinajstić information content (AvgIpc) is 3.40. The van der Waals surface area contributed by atoms with E-state index in [0.29, 0.717) is 11.3 Å². The maximum atomic E-state index is 17.4. The van der Waals surface area contributed by atoms with Crippen LogP contribution < -0.4 is 4.74 Å². The molecule has 7 nitrogen and oxygen atoms in total. The zero-order valence-corrected chi connectivity index (χ0v) is 21.5. The number of ether oxygens (including phenoxy) is 3. The number of fused-ring (bicyclic) bond motifs is 7. The smallest absolute Gasteiger partial charge is 0.193 e. The minimum absolute atomic E-state index is 0.0396. The van der Waals surface area contributed by atoms with Gasteiger partial charge in [-0.15, -0.1) is 0 Å². The van der Waals surface area contributed by atoms with Crippen molar-refractivity contribution in [2.45, 2.75) is 69.0 Å². The van der Waals surface area contributed by atoms with Crippen LogP contribution in [0.25, 0.3) is 0 Å². The van der Waals surface area contributed by atoms with E-state index in [1.165, 1.54) is 19.1 Å². The number of alkyl halides is 2. The van der Waals surface area contributed by atoms with Crippen molar-refractivity contribution in [1.29, 1.82) is 0 Å². The molecule has 4 fully saturated rings. The van der Waals surface area contributed by atoms with Crippen molar-refractivity contribution in [3.05, 3.63) is 53.6 Å². The summed E-state index contributed by atoms with van der Waals surface area (Å²) in [6.07, 6.45) is -1.37. The highest BCUT2D eigenvalue weighted by Crippen LogP contribution is 2.72. The largest absolute Gasteiger partial charge is 0.497 e. The average molecular weight is 531 g/mol. The van der Waals surface area contributed by atoms with Crippen molar-refractivity contribution in [3.8, 4) is 5.75 Å². The van der Waals surface area contributed by atoms with Crippen molar-refractivity contribution in [2.24, 2.45) is 22.7 Å². The van der Waals surface area contributed by atoms with Gasteiger partial charge in [0.2, 0.25) is 0 Å². The molecule has 204 valence electrons. The lowest BCUT2D eigenvalue weighted by molar-refractivity contribution is -0.235. The Morgan fingerprint density at radius 3 is 2.55 bits per heavy atom. The predicted octanol–water partition coefficient (Wildman–Crippen LogP) is 3.34. The highest BCUT2D eigenvalue weighted by Gasteiger charge is 2.80. The fourth-order valence-electron chi connectivity index (χ4n) is 8.48. The van der Waals surface area contributed by atoms with Crippen LogP contribution in [0.15, 0.2) is 48.1 Å². The van der Waals surface area contributed by atoms with Crippen molar-refractivity contribution < 1.29 is 42.8 Å². The van der Waals surface area contributed by atoms with Crippen molar-refractivity contribution >= 4 is 11.6 Å². The highest BCUT2D eigenvalue weighted by molar-refractivity contribution is 6.01. The summed E-state index contributed by atoms with van der Waals surface area (Å²) in [6.45, 7) is 2.47. The van der Waals surface area contributed by atoms with Gasteiger partial charge in [0, 0.05) is 22.3 Å². The second kappa shape index (κ2) is 8.27. The summed E-state index contributed by atoms with van der Waals surface area (Å²) in [7, 11) is 1.55. The molecule has 10 atom stereocenters. The van der Waals surface area contributed by atoms with E-state index in [0.717, 1.165) is 6.08 Å². The third kappa shape index (κ3) is 2.96. The van der Waals surface area contributed by atoms with Gasteiger partial charge in [0.25, 0.3) is 0 Å². The van der Waals surface area contributed by atoms with E-state index in [2.05, 4.69) is 0 Å².